The third-order valence-corrected chi connectivity index (χ3v) is 7.13. The average molecular weight is 474 g/mol. The van der Waals surface area contributed by atoms with E-state index in [9.17, 15) is 19.8 Å². The maximum atomic E-state index is 12.7. The van der Waals surface area contributed by atoms with Gasteiger partial charge < -0.3 is 0 Å². The van der Waals surface area contributed by atoms with E-state index in [1.54, 1.807) is 61.9 Å². The van der Waals surface area contributed by atoms with Crippen LogP contribution < -0.4 is 5.32 Å². The Hall–Kier alpha value is -1.07. The van der Waals surface area contributed by atoms with Gasteiger partial charge in [-0.3, -0.25) is 0 Å². The van der Waals surface area contributed by atoms with Crippen molar-refractivity contribution in [3.8, 4) is 0 Å². The standard InChI is InChI=1S/C20H29AsClNO5/c1-4-20(18(26)27)15(11-28-10-9-21)23-12(2)19(3,17(24)25)16(20)13-7-5-6-8-14(13)22/h5-8,12,15-16,23H,4,9-11,21H2,1-3H3,(H,24,25)(H,26,27). The Morgan fingerprint density at radius 1 is 1.29 bits per heavy atom. The van der Waals surface area contributed by atoms with Crippen molar-refractivity contribution in [3.05, 3.63) is 34.9 Å². The molecule has 1 aliphatic heterocycles. The van der Waals surface area contributed by atoms with Gasteiger partial charge in [0.15, 0.2) is 0 Å². The second kappa shape index (κ2) is 9.17. The molecule has 1 saturated heterocycles. The monoisotopic (exact) mass is 473 g/mol. The molecule has 1 aromatic rings. The number of hydrogen-bond donors (Lipinski definition) is 3. The van der Waals surface area contributed by atoms with Gasteiger partial charge in [-0.25, -0.2) is 0 Å². The summed E-state index contributed by atoms with van der Waals surface area (Å²) in [4.78, 5) is 25.2. The van der Waals surface area contributed by atoms with Crippen molar-refractivity contribution >= 4 is 40.4 Å². The van der Waals surface area contributed by atoms with E-state index in [0.29, 0.717) is 17.2 Å². The summed E-state index contributed by atoms with van der Waals surface area (Å²) in [5.74, 6) is -2.92. The zero-order valence-electron chi connectivity index (χ0n) is 16.4. The molecular formula is C20H29AsClNO5. The van der Waals surface area contributed by atoms with Gasteiger partial charge in [0.25, 0.3) is 0 Å². The maximum absolute atomic E-state index is 12.7. The summed E-state index contributed by atoms with van der Waals surface area (Å²) in [7, 11) is 0. The summed E-state index contributed by atoms with van der Waals surface area (Å²) in [5.41, 5.74) is -2.21. The van der Waals surface area contributed by atoms with Crippen LogP contribution in [0.3, 0.4) is 0 Å². The number of carbonyl (C=O) groups is 2. The van der Waals surface area contributed by atoms with E-state index in [-0.39, 0.29) is 13.0 Å². The Morgan fingerprint density at radius 3 is 2.43 bits per heavy atom. The molecule has 2 rings (SSSR count). The second-order valence-electron chi connectivity index (χ2n) is 7.55. The van der Waals surface area contributed by atoms with Crippen LogP contribution in [0.25, 0.3) is 0 Å². The van der Waals surface area contributed by atoms with Gasteiger partial charge in [-0.2, -0.15) is 0 Å². The number of aliphatic carboxylic acids is 2. The zero-order chi connectivity index (χ0) is 21.1. The average Bonchev–Trinajstić information content (AvgIpc) is 2.64. The van der Waals surface area contributed by atoms with Gasteiger partial charge in [0, 0.05) is 0 Å². The number of piperidine rings is 1. The van der Waals surface area contributed by atoms with Gasteiger partial charge in [0.05, 0.1) is 0 Å². The van der Waals surface area contributed by atoms with E-state index < -0.39 is 40.8 Å². The second-order valence-corrected chi connectivity index (χ2v) is 9.16. The van der Waals surface area contributed by atoms with Gasteiger partial charge >= 0.3 is 180 Å². The van der Waals surface area contributed by atoms with Gasteiger partial charge in [-0.1, -0.05) is 0 Å². The molecule has 156 valence electrons. The molecule has 6 nitrogen and oxygen atoms in total. The molecule has 0 aromatic heterocycles. The van der Waals surface area contributed by atoms with Crippen LogP contribution in [-0.2, 0) is 14.3 Å². The Bertz CT molecular complexity index is 732. The van der Waals surface area contributed by atoms with E-state index >= 15 is 0 Å². The van der Waals surface area contributed by atoms with Crippen LogP contribution >= 0.6 is 11.6 Å². The number of rotatable bonds is 8. The summed E-state index contributed by atoms with van der Waals surface area (Å²) in [6.45, 7) is 5.92. The summed E-state index contributed by atoms with van der Waals surface area (Å²) in [6, 6.07) is 5.92. The Kier molecular flexibility index (Phi) is 7.60. The normalized spacial score (nSPS) is 32.8. The molecule has 6 unspecified atom stereocenters. The molecule has 3 N–H and O–H groups in total. The van der Waals surface area contributed by atoms with E-state index in [1.165, 1.54) is 0 Å². The van der Waals surface area contributed by atoms with Gasteiger partial charge in [0.1, 0.15) is 0 Å². The summed E-state index contributed by atoms with van der Waals surface area (Å²) in [6.07, 6.45) is 0.241. The first-order valence-electron chi connectivity index (χ1n) is 9.42. The Labute approximate surface area is 179 Å². The van der Waals surface area contributed by atoms with E-state index in [4.69, 9.17) is 16.3 Å². The van der Waals surface area contributed by atoms with Gasteiger partial charge in [-0.15, -0.1) is 0 Å². The van der Waals surface area contributed by atoms with Crippen LogP contribution in [0.2, 0.25) is 10.2 Å². The van der Waals surface area contributed by atoms with E-state index in [2.05, 4.69) is 5.32 Å². The number of ether oxygens (including phenoxy) is 1. The van der Waals surface area contributed by atoms with Crippen LogP contribution in [-0.4, -0.2) is 64.3 Å². The molecule has 28 heavy (non-hydrogen) atoms. The van der Waals surface area contributed by atoms with Crippen molar-refractivity contribution in [3.63, 3.8) is 0 Å². The molecule has 1 aliphatic rings. The molecule has 0 aliphatic carbocycles. The first-order valence-corrected chi connectivity index (χ1v) is 11.5. The molecule has 0 radical (unpaired) electrons. The molecule has 0 amide bonds. The summed E-state index contributed by atoms with van der Waals surface area (Å²) in [5, 5.41) is 25.1. The molecule has 8 heteroatoms. The molecule has 1 heterocycles. The van der Waals surface area contributed by atoms with Crippen LogP contribution in [0.15, 0.2) is 24.3 Å². The van der Waals surface area contributed by atoms with Crippen LogP contribution in [0, 0.1) is 10.8 Å². The van der Waals surface area contributed by atoms with Crippen molar-refractivity contribution in [1.29, 1.82) is 0 Å². The van der Waals surface area contributed by atoms with Crippen molar-refractivity contribution in [2.45, 2.75) is 50.4 Å². The zero-order valence-corrected chi connectivity index (χ0v) is 19.6. The van der Waals surface area contributed by atoms with Gasteiger partial charge in [0.2, 0.25) is 0 Å². The predicted molar refractivity (Wildman–Crippen MR) is 111 cm³/mol. The number of carboxylic acids is 2. The minimum atomic E-state index is -1.39. The molecular weight excluding hydrogens is 445 g/mol. The molecule has 6 atom stereocenters. The predicted octanol–water partition coefficient (Wildman–Crippen LogP) is 2.42. The number of nitrogens with one attached hydrogen (secondary N) is 1. The number of benzene rings is 1. The molecule has 0 bridgehead atoms. The van der Waals surface area contributed by atoms with Crippen LogP contribution in [0.5, 0.6) is 0 Å². The number of hydrogen-bond acceptors (Lipinski definition) is 4. The van der Waals surface area contributed by atoms with Gasteiger partial charge in [-0.05, 0) is 0 Å². The van der Waals surface area contributed by atoms with Crippen LogP contribution in [0.4, 0.5) is 0 Å². The number of halogens is 1. The number of carboxylic acid groups (broad SMARTS) is 2. The Morgan fingerprint density at radius 2 is 1.93 bits per heavy atom. The first kappa shape index (κ1) is 23.2. The first-order chi connectivity index (χ1) is 13.2. The van der Waals surface area contributed by atoms with E-state index in [1.807, 2.05) is 0 Å². The summed E-state index contributed by atoms with van der Waals surface area (Å²) < 4.78 is 5.73. The SMILES string of the molecule is CCC1(C(=O)O)C(COCC[AsH2])NC(C)C(C)(C(=O)O)C1c1ccccc1Cl. The molecule has 0 saturated carbocycles. The summed E-state index contributed by atoms with van der Waals surface area (Å²) >= 11 is 8.01. The van der Waals surface area contributed by atoms with E-state index in [0.717, 1.165) is 5.21 Å². The third kappa shape index (κ3) is 3.72. The third-order valence-electron chi connectivity index (χ3n) is 6.29. The molecule has 1 fully saturated rings. The molecule has 1 aromatic carbocycles. The Balaban J connectivity index is 2.75. The minimum absolute atomic E-state index is 0.199. The quantitative estimate of drug-likeness (QED) is 0.396. The fourth-order valence-corrected chi connectivity index (χ4v) is 5.18. The topological polar surface area (TPSA) is 95.9 Å². The molecule has 0 spiro atoms. The fraction of sp³-hybridized carbons (Fsp3) is 0.600. The van der Waals surface area contributed by atoms with Crippen molar-refractivity contribution < 1.29 is 24.5 Å². The van der Waals surface area contributed by atoms with Crippen molar-refractivity contribution in [2.24, 2.45) is 10.8 Å². The van der Waals surface area contributed by atoms with Crippen LogP contribution in [0.1, 0.15) is 38.7 Å². The fourth-order valence-electron chi connectivity index (χ4n) is 4.58. The van der Waals surface area contributed by atoms with Crippen molar-refractivity contribution in [2.75, 3.05) is 13.2 Å². The van der Waals surface area contributed by atoms with Crippen molar-refractivity contribution in [1.82, 2.24) is 5.32 Å².